The summed E-state index contributed by atoms with van der Waals surface area (Å²) >= 11 is 0. The maximum atomic E-state index is 13.9. The number of hydrogen-bond donors (Lipinski definition) is 2. The third kappa shape index (κ3) is 6.62. The van der Waals surface area contributed by atoms with Crippen LogP contribution in [0.1, 0.15) is 98.2 Å². The number of carbonyl (C=O) groups is 2. The minimum Gasteiger partial charge on any atom is -0.393 e. The lowest BCUT2D eigenvalue weighted by molar-refractivity contribution is 0.0867. The quantitative estimate of drug-likeness (QED) is 0.471. The van der Waals surface area contributed by atoms with Crippen molar-refractivity contribution in [3.63, 3.8) is 0 Å². The molecule has 0 radical (unpaired) electrons. The maximum absolute atomic E-state index is 13.9. The molecular formula is C34H46N4O3. The smallest absolute Gasteiger partial charge is 0.321 e. The molecule has 2 saturated carbocycles. The van der Waals surface area contributed by atoms with E-state index in [2.05, 4.69) is 62.5 Å². The van der Waals surface area contributed by atoms with Gasteiger partial charge in [-0.2, -0.15) is 0 Å². The molecule has 2 aliphatic heterocycles. The number of urea groups is 1. The normalized spacial score (nSPS) is 26.9. The summed E-state index contributed by atoms with van der Waals surface area (Å²) in [5.74, 6) is -0.0238. The molecule has 2 heterocycles. The van der Waals surface area contributed by atoms with E-state index in [-0.39, 0.29) is 36.2 Å². The monoisotopic (exact) mass is 558 g/mol. The lowest BCUT2D eigenvalue weighted by Gasteiger charge is -2.39. The average Bonchev–Trinajstić information content (AvgIpc) is 3.37. The Hall–Kier alpha value is -2.90. The first-order chi connectivity index (χ1) is 20.0. The number of amides is 3. The van der Waals surface area contributed by atoms with E-state index in [0.29, 0.717) is 11.6 Å². The van der Waals surface area contributed by atoms with Gasteiger partial charge < -0.3 is 20.2 Å². The number of piperidine rings is 1. The van der Waals surface area contributed by atoms with Crippen molar-refractivity contribution >= 4 is 11.9 Å². The Balaban J connectivity index is 1.04. The summed E-state index contributed by atoms with van der Waals surface area (Å²) in [4.78, 5) is 33.5. The van der Waals surface area contributed by atoms with Crippen LogP contribution < -0.4 is 5.32 Å². The van der Waals surface area contributed by atoms with Gasteiger partial charge in [-0.1, -0.05) is 61.7 Å². The molecule has 2 N–H and O–H groups in total. The van der Waals surface area contributed by atoms with Gasteiger partial charge in [0.05, 0.1) is 12.1 Å². The van der Waals surface area contributed by atoms with E-state index in [1.807, 2.05) is 12.1 Å². The topological polar surface area (TPSA) is 76.1 Å². The highest BCUT2D eigenvalue weighted by Gasteiger charge is 2.45. The van der Waals surface area contributed by atoms with Crippen molar-refractivity contribution in [3.05, 3.63) is 71.3 Å². The van der Waals surface area contributed by atoms with Gasteiger partial charge in [0, 0.05) is 49.9 Å². The summed E-state index contributed by atoms with van der Waals surface area (Å²) in [6.07, 6.45) is 11.0. The lowest BCUT2D eigenvalue weighted by atomic mass is 9.93. The average molecular weight is 559 g/mol. The first-order valence-electron chi connectivity index (χ1n) is 16.0. The molecule has 0 bridgehead atoms. The third-order valence-corrected chi connectivity index (χ3v) is 9.98. The second-order valence-corrected chi connectivity index (χ2v) is 12.7. The molecule has 4 fully saturated rings. The maximum Gasteiger partial charge on any atom is 0.321 e. The molecule has 0 aromatic heterocycles. The number of aliphatic hydroxyl groups excluding tert-OH is 1. The van der Waals surface area contributed by atoms with Crippen molar-refractivity contribution in [2.75, 3.05) is 19.6 Å². The van der Waals surface area contributed by atoms with Crippen LogP contribution in [0.3, 0.4) is 0 Å². The van der Waals surface area contributed by atoms with Crippen molar-refractivity contribution in [1.82, 2.24) is 20.0 Å². The Morgan fingerprint density at radius 3 is 2.17 bits per heavy atom. The molecule has 7 heteroatoms. The molecule has 2 saturated heterocycles. The third-order valence-electron chi connectivity index (χ3n) is 9.98. The van der Waals surface area contributed by atoms with Gasteiger partial charge in [-0.15, -0.1) is 0 Å². The van der Waals surface area contributed by atoms with E-state index >= 15 is 0 Å². The fourth-order valence-electron chi connectivity index (χ4n) is 7.55. The Bertz CT molecular complexity index is 1150. The van der Waals surface area contributed by atoms with Crippen molar-refractivity contribution in [3.8, 4) is 0 Å². The van der Waals surface area contributed by atoms with Crippen molar-refractivity contribution in [1.29, 1.82) is 0 Å². The summed E-state index contributed by atoms with van der Waals surface area (Å²) in [5, 5.41) is 12.8. The molecule has 2 aromatic rings. The van der Waals surface area contributed by atoms with Gasteiger partial charge in [0.2, 0.25) is 0 Å². The van der Waals surface area contributed by atoms with Crippen LogP contribution in [0.4, 0.5) is 4.79 Å². The number of nitrogens with one attached hydrogen (secondary N) is 1. The second-order valence-electron chi connectivity index (χ2n) is 12.7. The highest BCUT2D eigenvalue weighted by molar-refractivity contribution is 5.94. The van der Waals surface area contributed by atoms with Gasteiger partial charge in [-0.25, -0.2) is 4.79 Å². The number of nitrogens with zero attached hydrogens (tertiary/aromatic N) is 3. The zero-order valence-electron chi connectivity index (χ0n) is 24.3. The van der Waals surface area contributed by atoms with Crippen LogP contribution in [0.15, 0.2) is 54.6 Å². The molecule has 2 aliphatic carbocycles. The standard InChI is InChI=1S/C34H46N4O3/c39-31-17-15-28(16-18-31)35-33(40)27-13-11-25(12-14-27)23-36-21-19-30(20-22-36)38-32(26-7-3-1-4-8-26)24-37(34(38)41)29-9-5-2-6-10-29/h1,3-4,7-8,11-14,28-32,39H,2,5-6,9-10,15-24H2,(H,35,40). The van der Waals surface area contributed by atoms with Crippen molar-refractivity contribution < 1.29 is 14.7 Å². The molecule has 41 heavy (non-hydrogen) atoms. The number of rotatable bonds is 7. The van der Waals surface area contributed by atoms with Crippen LogP contribution in [0.2, 0.25) is 0 Å². The fraction of sp³-hybridized carbons (Fsp3) is 0.588. The van der Waals surface area contributed by atoms with Crippen molar-refractivity contribution in [2.45, 2.75) is 107 Å². The second kappa shape index (κ2) is 13.0. The predicted octanol–water partition coefficient (Wildman–Crippen LogP) is 5.50. The highest BCUT2D eigenvalue weighted by atomic mass is 16.3. The van der Waals surface area contributed by atoms with E-state index in [1.54, 1.807) is 0 Å². The lowest BCUT2D eigenvalue weighted by Crippen LogP contribution is -2.48. The zero-order valence-corrected chi connectivity index (χ0v) is 24.3. The zero-order chi connectivity index (χ0) is 28.2. The molecule has 1 atom stereocenters. The Kier molecular flexibility index (Phi) is 8.92. The number of likely N-dealkylation sites (tertiary alicyclic amines) is 1. The van der Waals surface area contributed by atoms with Crippen molar-refractivity contribution in [2.24, 2.45) is 0 Å². The Morgan fingerprint density at radius 2 is 1.49 bits per heavy atom. The SMILES string of the molecule is O=C(NC1CCC(O)CC1)c1ccc(CN2CCC(N3C(=O)N(C4CCCCC4)CC3c3ccccc3)CC2)cc1. The number of benzene rings is 2. The van der Waals surface area contributed by atoms with Gasteiger partial charge in [0.25, 0.3) is 5.91 Å². The summed E-state index contributed by atoms with van der Waals surface area (Å²) in [6, 6.07) is 19.9. The molecule has 7 nitrogen and oxygen atoms in total. The van der Waals surface area contributed by atoms with Crippen LogP contribution in [0, 0.1) is 0 Å². The molecule has 3 amide bonds. The summed E-state index contributed by atoms with van der Waals surface area (Å²) in [6.45, 7) is 3.61. The van der Waals surface area contributed by atoms with Crippen LogP contribution in [-0.2, 0) is 6.54 Å². The highest BCUT2D eigenvalue weighted by Crippen LogP contribution is 2.38. The van der Waals surface area contributed by atoms with Crippen LogP contribution in [0.5, 0.6) is 0 Å². The van der Waals surface area contributed by atoms with E-state index in [1.165, 1.54) is 30.4 Å². The van der Waals surface area contributed by atoms with Gasteiger partial charge in [-0.3, -0.25) is 9.69 Å². The first-order valence-corrected chi connectivity index (χ1v) is 16.0. The molecule has 1 unspecified atom stereocenters. The number of hydrogen-bond acceptors (Lipinski definition) is 4. The summed E-state index contributed by atoms with van der Waals surface area (Å²) in [5.41, 5.74) is 3.16. The fourth-order valence-corrected chi connectivity index (χ4v) is 7.55. The molecule has 2 aromatic carbocycles. The number of aliphatic hydroxyl groups is 1. The number of carbonyl (C=O) groups excluding carboxylic acids is 2. The molecule has 4 aliphatic rings. The van der Waals surface area contributed by atoms with E-state index in [4.69, 9.17) is 0 Å². The molecule has 0 spiro atoms. The largest absolute Gasteiger partial charge is 0.393 e. The minimum absolute atomic E-state index is 0.0238. The molecule has 6 rings (SSSR count). The minimum atomic E-state index is -0.218. The van der Waals surface area contributed by atoms with E-state index in [0.717, 1.165) is 77.5 Å². The Labute approximate surface area is 244 Å². The summed E-state index contributed by atoms with van der Waals surface area (Å²) in [7, 11) is 0. The van der Waals surface area contributed by atoms with Gasteiger partial charge >= 0.3 is 6.03 Å². The van der Waals surface area contributed by atoms with Gasteiger partial charge in [0.1, 0.15) is 0 Å². The molecular weight excluding hydrogens is 512 g/mol. The van der Waals surface area contributed by atoms with E-state index < -0.39 is 0 Å². The first kappa shape index (κ1) is 28.2. The van der Waals surface area contributed by atoms with Crippen LogP contribution in [0.25, 0.3) is 0 Å². The van der Waals surface area contributed by atoms with Crippen LogP contribution in [-0.4, -0.2) is 75.6 Å². The Morgan fingerprint density at radius 1 is 0.805 bits per heavy atom. The molecule has 220 valence electrons. The van der Waals surface area contributed by atoms with Gasteiger partial charge in [0.15, 0.2) is 0 Å². The summed E-state index contributed by atoms with van der Waals surface area (Å²) < 4.78 is 0. The van der Waals surface area contributed by atoms with E-state index in [9.17, 15) is 14.7 Å². The van der Waals surface area contributed by atoms with Crippen LogP contribution >= 0.6 is 0 Å². The van der Waals surface area contributed by atoms with Gasteiger partial charge in [-0.05, 0) is 74.6 Å². The predicted molar refractivity (Wildman–Crippen MR) is 160 cm³/mol.